The summed E-state index contributed by atoms with van der Waals surface area (Å²) in [7, 11) is -4.75. The predicted octanol–water partition coefficient (Wildman–Crippen LogP) is 14.4. The monoisotopic (exact) mass is 789 g/mol. The summed E-state index contributed by atoms with van der Waals surface area (Å²) < 4.78 is 26.4. The van der Waals surface area contributed by atoms with Gasteiger partial charge in [-0.25, -0.2) is 4.57 Å². The van der Waals surface area contributed by atoms with Crippen LogP contribution in [0.5, 0.6) is 0 Å². The molecule has 0 radical (unpaired) electrons. The van der Waals surface area contributed by atoms with Gasteiger partial charge < -0.3 is 19.3 Å². The molecule has 0 amide bonds. The molecule has 9 heteroatoms. The molecular formula is C45H89O8P. The lowest BCUT2D eigenvalue weighted by molar-refractivity contribution is -0.161. The fraction of sp³-hybridized carbons (Fsp3) is 0.956. The number of rotatable bonds is 44. The molecule has 0 rings (SSSR count). The van der Waals surface area contributed by atoms with E-state index in [1.165, 1.54) is 193 Å². The molecule has 0 spiro atoms. The SMILES string of the molecule is CCCCCCCCCCCCCCCCCCCCCCCCCC(=O)OC[C@H](COP(=O)(O)O)OC(=O)CCCCCCCCCCCCCCC. The Kier molecular flexibility index (Phi) is 40.9. The quantitative estimate of drug-likeness (QED) is 0.0356. The standard InChI is InChI=1S/C45H89O8P/c1-3-5-7-9-11-13-15-17-18-19-20-21-22-23-24-25-26-28-29-31-33-35-37-39-44(46)51-41-43(42-52-54(48,49)50)53-45(47)40-38-36-34-32-30-27-16-14-12-10-8-6-4-2/h43H,3-42H2,1-2H3,(H2,48,49,50)/t43-/m1/s1. The fourth-order valence-electron chi connectivity index (χ4n) is 7.14. The van der Waals surface area contributed by atoms with Crippen LogP contribution in [-0.2, 0) is 28.2 Å². The number of ether oxygens (including phenoxy) is 2. The van der Waals surface area contributed by atoms with Crippen molar-refractivity contribution in [1.82, 2.24) is 0 Å². The highest BCUT2D eigenvalue weighted by Gasteiger charge is 2.23. The summed E-state index contributed by atoms with van der Waals surface area (Å²) in [6, 6.07) is 0. The van der Waals surface area contributed by atoms with E-state index in [0.717, 1.165) is 32.1 Å². The second-order valence-electron chi connectivity index (χ2n) is 16.1. The molecule has 322 valence electrons. The van der Waals surface area contributed by atoms with Crippen molar-refractivity contribution in [3.05, 3.63) is 0 Å². The van der Waals surface area contributed by atoms with Crippen LogP contribution in [0.2, 0.25) is 0 Å². The highest BCUT2D eigenvalue weighted by atomic mass is 31.2. The van der Waals surface area contributed by atoms with Crippen LogP contribution in [0.3, 0.4) is 0 Å². The van der Waals surface area contributed by atoms with Gasteiger partial charge in [0.2, 0.25) is 0 Å². The summed E-state index contributed by atoms with van der Waals surface area (Å²) in [6.07, 6.45) is 45.5. The van der Waals surface area contributed by atoms with Gasteiger partial charge in [-0.05, 0) is 12.8 Å². The maximum Gasteiger partial charge on any atom is 0.469 e. The number of esters is 2. The maximum absolute atomic E-state index is 12.4. The number of hydrogen-bond acceptors (Lipinski definition) is 6. The van der Waals surface area contributed by atoms with Crippen molar-refractivity contribution in [2.45, 2.75) is 264 Å². The highest BCUT2D eigenvalue weighted by Crippen LogP contribution is 2.36. The summed E-state index contributed by atoms with van der Waals surface area (Å²) in [5, 5.41) is 0. The lowest BCUT2D eigenvalue weighted by atomic mass is 10.0. The smallest absolute Gasteiger partial charge is 0.462 e. The van der Waals surface area contributed by atoms with Crippen LogP contribution in [0.15, 0.2) is 0 Å². The average molecular weight is 789 g/mol. The molecule has 0 bridgehead atoms. The predicted molar refractivity (Wildman–Crippen MR) is 226 cm³/mol. The normalized spacial score (nSPS) is 12.3. The van der Waals surface area contributed by atoms with E-state index in [1.807, 2.05) is 0 Å². The molecular weight excluding hydrogens is 699 g/mol. The first kappa shape index (κ1) is 53.0. The molecule has 0 unspecified atom stereocenters. The maximum atomic E-state index is 12.4. The number of carbonyl (C=O) groups excluding carboxylic acids is 2. The second-order valence-corrected chi connectivity index (χ2v) is 17.3. The molecule has 0 saturated carbocycles. The topological polar surface area (TPSA) is 119 Å². The van der Waals surface area contributed by atoms with E-state index in [4.69, 9.17) is 19.3 Å². The molecule has 0 saturated heterocycles. The fourth-order valence-corrected chi connectivity index (χ4v) is 7.50. The van der Waals surface area contributed by atoms with Crippen molar-refractivity contribution < 1.29 is 37.9 Å². The molecule has 0 aromatic heterocycles. The van der Waals surface area contributed by atoms with Crippen molar-refractivity contribution in [3.8, 4) is 0 Å². The lowest BCUT2D eigenvalue weighted by Crippen LogP contribution is -2.29. The summed E-state index contributed by atoms with van der Waals surface area (Å²) in [4.78, 5) is 42.9. The van der Waals surface area contributed by atoms with Crippen LogP contribution < -0.4 is 0 Å². The number of phosphoric acid groups is 1. The molecule has 0 aromatic rings. The third-order valence-electron chi connectivity index (χ3n) is 10.6. The zero-order valence-corrected chi connectivity index (χ0v) is 36.5. The summed E-state index contributed by atoms with van der Waals surface area (Å²) in [5.74, 6) is -0.865. The van der Waals surface area contributed by atoms with Gasteiger partial charge in [-0.1, -0.05) is 232 Å². The Morgan fingerprint density at radius 1 is 0.407 bits per heavy atom. The van der Waals surface area contributed by atoms with E-state index in [1.54, 1.807) is 0 Å². The first-order valence-electron chi connectivity index (χ1n) is 23.3. The van der Waals surface area contributed by atoms with Gasteiger partial charge in [0.1, 0.15) is 6.61 Å². The lowest BCUT2D eigenvalue weighted by Gasteiger charge is -2.18. The van der Waals surface area contributed by atoms with E-state index in [2.05, 4.69) is 18.4 Å². The van der Waals surface area contributed by atoms with Crippen LogP contribution in [0.4, 0.5) is 0 Å². The van der Waals surface area contributed by atoms with E-state index in [0.29, 0.717) is 6.42 Å². The Balaban J connectivity index is 3.75. The number of hydrogen-bond donors (Lipinski definition) is 2. The van der Waals surface area contributed by atoms with Crippen molar-refractivity contribution in [1.29, 1.82) is 0 Å². The first-order valence-corrected chi connectivity index (χ1v) is 24.9. The van der Waals surface area contributed by atoms with Crippen LogP contribution >= 0.6 is 7.82 Å². The minimum atomic E-state index is -4.75. The third-order valence-corrected chi connectivity index (χ3v) is 11.1. The molecule has 0 aromatic carbocycles. The van der Waals surface area contributed by atoms with E-state index in [9.17, 15) is 14.2 Å². The Labute approximate surface area is 334 Å². The minimum absolute atomic E-state index is 0.220. The molecule has 0 heterocycles. The van der Waals surface area contributed by atoms with E-state index in [-0.39, 0.29) is 19.4 Å². The highest BCUT2D eigenvalue weighted by molar-refractivity contribution is 7.46. The van der Waals surface area contributed by atoms with Gasteiger partial charge in [0.05, 0.1) is 6.61 Å². The molecule has 0 aliphatic heterocycles. The van der Waals surface area contributed by atoms with Crippen molar-refractivity contribution in [3.63, 3.8) is 0 Å². The molecule has 54 heavy (non-hydrogen) atoms. The molecule has 1 atom stereocenters. The Bertz CT molecular complexity index is 848. The van der Waals surface area contributed by atoms with Crippen molar-refractivity contribution in [2.24, 2.45) is 0 Å². The van der Waals surface area contributed by atoms with Crippen LogP contribution in [-0.4, -0.2) is 41.0 Å². The van der Waals surface area contributed by atoms with Gasteiger partial charge in [-0.3, -0.25) is 14.1 Å². The molecule has 0 aliphatic rings. The Hall–Kier alpha value is -0.950. The van der Waals surface area contributed by atoms with Crippen LogP contribution in [0.1, 0.15) is 258 Å². The largest absolute Gasteiger partial charge is 0.469 e. The number of carbonyl (C=O) groups is 2. The number of unbranched alkanes of at least 4 members (excludes halogenated alkanes) is 34. The van der Waals surface area contributed by atoms with Gasteiger partial charge in [0, 0.05) is 12.8 Å². The van der Waals surface area contributed by atoms with Gasteiger partial charge in [-0.15, -0.1) is 0 Å². The van der Waals surface area contributed by atoms with Crippen LogP contribution in [0.25, 0.3) is 0 Å². The first-order chi connectivity index (χ1) is 26.3. The van der Waals surface area contributed by atoms with E-state index >= 15 is 0 Å². The molecule has 0 fully saturated rings. The Morgan fingerprint density at radius 3 is 0.944 bits per heavy atom. The Morgan fingerprint density at radius 2 is 0.667 bits per heavy atom. The number of phosphoric ester groups is 1. The van der Waals surface area contributed by atoms with Gasteiger partial charge in [0.25, 0.3) is 0 Å². The summed E-state index contributed by atoms with van der Waals surface area (Å²) in [5.41, 5.74) is 0. The van der Waals surface area contributed by atoms with E-state index < -0.39 is 32.5 Å². The molecule has 0 aliphatic carbocycles. The van der Waals surface area contributed by atoms with Gasteiger partial charge in [-0.2, -0.15) is 0 Å². The van der Waals surface area contributed by atoms with Gasteiger partial charge in [0.15, 0.2) is 6.10 Å². The van der Waals surface area contributed by atoms with Gasteiger partial charge >= 0.3 is 19.8 Å². The average Bonchev–Trinajstić information content (AvgIpc) is 3.14. The zero-order chi connectivity index (χ0) is 39.6. The molecule has 2 N–H and O–H groups in total. The minimum Gasteiger partial charge on any atom is -0.462 e. The van der Waals surface area contributed by atoms with Crippen molar-refractivity contribution >= 4 is 19.8 Å². The second kappa shape index (κ2) is 41.7. The summed E-state index contributed by atoms with van der Waals surface area (Å²) in [6.45, 7) is 3.73. The van der Waals surface area contributed by atoms with Crippen LogP contribution in [0, 0.1) is 0 Å². The third kappa shape index (κ3) is 43.8. The molecule has 8 nitrogen and oxygen atoms in total. The van der Waals surface area contributed by atoms with Crippen molar-refractivity contribution in [2.75, 3.05) is 13.2 Å². The zero-order valence-electron chi connectivity index (χ0n) is 35.7. The summed E-state index contributed by atoms with van der Waals surface area (Å²) >= 11 is 0.